The summed E-state index contributed by atoms with van der Waals surface area (Å²) >= 11 is 0. The Morgan fingerprint density at radius 1 is 1.47 bits per heavy atom. The third kappa shape index (κ3) is 2.50. The highest BCUT2D eigenvalue weighted by atomic mass is 16.5. The van der Waals surface area contributed by atoms with Crippen LogP contribution in [0.25, 0.3) is 11.5 Å². The second kappa shape index (κ2) is 5.05. The van der Waals surface area contributed by atoms with Crippen LogP contribution >= 0.6 is 0 Å². The highest BCUT2D eigenvalue weighted by molar-refractivity contribution is 5.53. The summed E-state index contributed by atoms with van der Waals surface area (Å²) in [6, 6.07) is 3.65. The van der Waals surface area contributed by atoms with Gasteiger partial charge in [-0.2, -0.15) is 4.98 Å². The molecular formula is C12H16N4O. The van der Waals surface area contributed by atoms with Crippen LogP contribution in [0.2, 0.25) is 0 Å². The SMILES string of the molecule is CCC[C@@H](N)c1nc(-c2ncccc2C)no1. The summed E-state index contributed by atoms with van der Waals surface area (Å²) in [5.41, 5.74) is 7.68. The molecule has 0 radical (unpaired) electrons. The highest BCUT2D eigenvalue weighted by Gasteiger charge is 2.16. The molecule has 0 aliphatic rings. The summed E-state index contributed by atoms with van der Waals surface area (Å²) in [7, 11) is 0. The van der Waals surface area contributed by atoms with E-state index in [-0.39, 0.29) is 6.04 Å². The molecule has 1 atom stereocenters. The van der Waals surface area contributed by atoms with Gasteiger partial charge in [0, 0.05) is 6.20 Å². The quantitative estimate of drug-likeness (QED) is 0.874. The minimum absolute atomic E-state index is 0.190. The standard InChI is InChI=1S/C12H16N4O/c1-3-5-9(13)12-15-11(16-17-12)10-8(2)6-4-7-14-10/h4,6-7,9H,3,5,13H2,1-2H3/t9-/m1/s1. The van der Waals surface area contributed by atoms with Crippen LogP contribution in [-0.2, 0) is 0 Å². The molecule has 17 heavy (non-hydrogen) atoms. The number of aromatic nitrogens is 3. The topological polar surface area (TPSA) is 77.8 Å². The molecule has 0 spiro atoms. The van der Waals surface area contributed by atoms with E-state index < -0.39 is 0 Å². The molecule has 0 saturated carbocycles. The Kier molecular flexibility index (Phi) is 3.49. The molecule has 2 N–H and O–H groups in total. The normalized spacial score (nSPS) is 12.6. The number of pyridine rings is 1. The first-order valence-electron chi connectivity index (χ1n) is 5.73. The van der Waals surface area contributed by atoms with Crippen LogP contribution < -0.4 is 5.73 Å². The summed E-state index contributed by atoms with van der Waals surface area (Å²) < 4.78 is 5.16. The first kappa shape index (κ1) is 11.7. The van der Waals surface area contributed by atoms with Gasteiger partial charge in [0.25, 0.3) is 0 Å². The van der Waals surface area contributed by atoms with Gasteiger partial charge in [-0.25, -0.2) is 0 Å². The molecule has 0 fully saturated rings. The van der Waals surface area contributed by atoms with Gasteiger partial charge < -0.3 is 10.3 Å². The summed E-state index contributed by atoms with van der Waals surface area (Å²) in [4.78, 5) is 8.54. The zero-order valence-corrected chi connectivity index (χ0v) is 10.1. The number of hydrogen-bond donors (Lipinski definition) is 1. The van der Waals surface area contributed by atoms with Crippen LogP contribution in [0.5, 0.6) is 0 Å². The Morgan fingerprint density at radius 3 is 3.00 bits per heavy atom. The van der Waals surface area contributed by atoms with Gasteiger partial charge in [-0.05, 0) is 25.0 Å². The number of nitrogens with zero attached hydrogens (tertiary/aromatic N) is 3. The van der Waals surface area contributed by atoms with Crippen LogP contribution in [0.15, 0.2) is 22.9 Å². The summed E-state index contributed by atoms with van der Waals surface area (Å²) in [6.45, 7) is 4.03. The molecule has 0 saturated heterocycles. The molecule has 0 bridgehead atoms. The summed E-state index contributed by atoms with van der Waals surface area (Å²) in [5, 5.41) is 3.92. The first-order valence-corrected chi connectivity index (χ1v) is 5.73. The van der Waals surface area contributed by atoms with E-state index in [1.807, 2.05) is 19.1 Å². The molecule has 2 aromatic heterocycles. The van der Waals surface area contributed by atoms with E-state index in [9.17, 15) is 0 Å². The Morgan fingerprint density at radius 2 is 2.29 bits per heavy atom. The van der Waals surface area contributed by atoms with E-state index in [1.165, 1.54) is 0 Å². The van der Waals surface area contributed by atoms with E-state index in [2.05, 4.69) is 22.0 Å². The van der Waals surface area contributed by atoms with Gasteiger partial charge in [-0.15, -0.1) is 0 Å². The second-order valence-corrected chi connectivity index (χ2v) is 4.02. The van der Waals surface area contributed by atoms with Gasteiger partial charge in [0.1, 0.15) is 5.69 Å². The van der Waals surface area contributed by atoms with Crippen molar-refractivity contribution in [2.75, 3.05) is 0 Å². The minimum Gasteiger partial charge on any atom is -0.337 e. The fourth-order valence-electron chi connectivity index (χ4n) is 1.64. The largest absolute Gasteiger partial charge is 0.337 e. The van der Waals surface area contributed by atoms with Crippen LogP contribution in [0.3, 0.4) is 0 Å². The average molecular weight is 232 g/mol. The fourth-order valence-corrected chi connectivity index (χ4v) is 1.64. The van der Waals surface area contributed by atoms with Gasteiger partial charge in [-0.3, -0.25) is 4.98 Å². The van der Waals surface area contributed by atoms with Crippen LogP contribution in [0.1, 0.15) is 37.3 Å². The van der Waals surface area contributed by atoms with Crippen molar-refractivity contribution < 1.29 is 4.52 Å². The molecule has 90 valence electrons. The van der Waals surface area contributed by atoms with Gasteiger partial charge in [0.05, 0.1) is 6.04 Å². The van der Waals surface area contributed by atoms with E-state index in [1.54, 1.807) is 6.20 Å². The van der Waals surface area contributed by atoms with Gasteiger partial charge in [0.15, 0.2) is 0 Å². The van der Waals surface area contributed by atoms with Crippen molar-refractivity contribution in [2.45, 2.75) is 32.7 Å². The van der Waals surface area contributed by atoms with E-state index >= 15 is 0 Å². The molecule has 0 amide bonds. The average Bonchev–Trinajstić information content (AvgIpc) is 2.79. The van der Waals surface area contributed by atoms with Crippen molar-refractivity contribution in [2.24, 2.45) is 5.73 Å². The Hall–Kier alpha value is -1.75. The molecule has 2 aromatic rings. The first-order chi connectivity index (χ1) is 8.22. The number of rotatable bonds is 4. The molecular weight excluding hydrogens is 216 g/mol. The highest BCUT2D eigenvalue weighted by Crippen LogP contribution is 2.20. The predicted octanol–water partition coefficient (Wildman–Crippen LogP) is 2.24. The number of aryl methyl sites for hydroxylation is 1. The molecule has 5 heteroatoms. The van der Waals surface area contributed by atoms with E-state index in [4.69, 9.17) is 10.3 Å². The third-order valence-electron chi connectivity index (χ3n) is 2.58. The lowest BCUT2D eigenvalue weighted by molar-refractivity contribution is 0.348. The predicted molar refractivity (Wildman–Crippen MR) is 64.1 cm³/mol. The maximum Gasteiger partial charge on any atom is 0.243 e. The van der Waals surface area contributed by atoms with Crippen molar-refractivity contribution in [1.29, 1.82) is 0 Å². The van der Waals surface area contributed by atoms with Crippen molar-refractivity contribution in [3.05, 3.63) is 29.8 Å². The molecule has 0 aliphatic carbocycles. The fraction of sp³-hybridized carbons (Fsp3) is 0.417. The molecule has 2 heterocycles. The molecule has 0 aliphatic heterocycles. The zero-order valence-electron chi connectivity index (χ0n) is 10.1. The minimum atomic E-state index is -0.190. The van der Waals surface area contributed by atoms with Crippen LogP contribution in [-0.4, -0.2) is 15.1 Å². The third-order valence-corrected chi connectivity index (χ3v) is 2.58. The Bertz CT molecular complexity index is 495. The smallest absolute Gasteiger partial charge is 0.243 e. The van der Waals surface area contributed by atoms with Crippen molar-refractivity contribution in [3.8, 4) is 11.5 Å². The second-order valence-electron chi connectivity index (χ2n) is 4.02. The number of nitrogens with two attached hydrogens (primary N) is 1. The lowest BCUT2D eigenvalue weighted by atomic mass is 10.2. The van der Waals surface area contributed by atoms with E-state index in [0.29, 0.717) is 11.7 Å². The molecule has 0 aromatic carbocycles. The molecule has 5 nitrogen and oxygen atoms in total. The van der Waals surface area contributed by atoms with Gasteiger partial charge in [0.2, 0.25) is 11.7 Å². The van der Waals surface area contributed by atoms with Gasteiger partial charge >= 0.3 is 0 Å². The monoisotopic (exact) mass is 232 g/mol. The van der Waals surface area contributed by atoms with Gasteiger partial charge in [-0.1, -0.05) is 24.6 Å². The Balaban J connectivity index is 2.27. The van der Waals surface area contributed by atoms with Crippen LogP contribution in [0, 0.1) is 6.92 Å². The zero-order chi connectivity index (χ0) is 12.3. The van der Waals surface area contributed by atoms with Crippen molar-refractivity contribution in [3.63, 3.8) is 0 Å². The Labute approximate surface area is 100 Å². The lowest BCUT2D eigenvalue weighted by Crippen LogP contribution is -2.09. The van der Waals surface area contributed by atoms with Crippen LogP contribution in [0.4, 0.5) is 0 Å². The van der Waals surface area contributed by atoms with Crippen molar-refractivity contribution in [1.82, 2.24) is 15.1 Å². The lowest BCUT2D eigenvalue weighted by Gasteiger charge is -2.02. The van der Waals surface area contributed by atoms with Crippen molar-refractivity contribution >= 4 is 0 Å². The summed E-state index contributed by atoms with van der Waals surface area (Å²) in [6.07, 6.45) is 3.54. The number of hydrogen-bond acceptors (Lipinski definition) is 5. The maximum atomic E-state index is 5.92. The van der Waals surface area contributed by atoms with E-state index in [0.717, 1.165) is 24.1 Å². The summed E-state index contributed by atoms with van der Waals surface area (Å²) in [5.74, 6) is 0.983. The molecule has 0 unspecified atom stereocenters. The molecule has 2 rings (SSSR count). The maximum absolute atomic E-state index is 5.92.